The zero-order valence-corrected chi connectivity index (χ0v) is 12.8. The quantitative estimate of drug-likeness (QED) is 0.793. The molecule has 1 N–H and O–H groups in total. The van der Waals surface area contributed by atoms with Crippen LogP contribution in [-0.4, -0.2) is 19.4 Å². The summed E-state index contributed by atoms with van der Waals surface area (Å²) in [5.41, 5.74) is 1.88. The molecule has 0 saturated carbocycles. The smallest absolute Gasteiger partial charge is 0.211 e. The van der Waals surface area contributed by atoms with Crippen LogP contribution in [0, 0.1) is 6.92 Å². The summed E-state index contributed by atoms with van der Waals surface area (Å²) in [5.74, 6) is 1.51. The Morgan fingerprint density at radius 1 is 1.30 bits per heavy atom. The molecule has 3 rings (SSSR count). The lowest BCUT2D eigenvalue weighted by atomic mass is 10.3. The van der Waals surface area contributed by atoms with Gasteiger partial charge in [0.1, 0.15) is 10.4 Å². The predicted octanol–water partition coefficient (Wildman–Crippen LogP) is 2.64. The zero-order valence-electron chi connectivity index (χ0n) is 11.2. The van der Waals surface area contributed by atoms with Gasteiger partial charge in [-0.15, -0.1) is 0 Å². The molecule has 20 heavy (non-hydrogen) atoms. The number of aromatic nitrogens is 4. The monoisotopic (exact) mass is 335 g/mol. The minimum absolute atomic E-state index is 0.0412. The molecule has 0 spiro atoms. The molecule has 0 saturated heterocycles. The van der Waals surface area contributed by atoms with Crippen LogP contribution in [0.4, 0.5) is 0 Å². The van der Waals surface area contributed by atoms with E-state index >= 15 is 0 Å². The lowest BCUT2D eigenvalue weighted by molar-refractivity contribution is 0.401. The second-order valence-electron chi connectivity index (χ2n) is 4.60. The van der Waals surface area contributed by atoms with Crippen molar-refractivity contribution in [3.05, 3.63) is 46.7 Å². The van der Waals surface area contributed by atoms with Crippen molar-refractivity contribution in [2.45, 2.75) is 26.4 Å². The van der Waals surface area contributed by atoms with Crippen LogP contribution in [0.5, 0.6) is 0 Å². The summed E-state index contributed by atoms with van der Waals surface area (Å²) in [7, 11) is 0. The van der Waals surface area contributed by atoms with Crippen molar-refractivity contribution in [3.8, 4) is 0 Å². The molecule has 0 radical (unpaired) electrons. The van der Waals surface area contributed by atoms with Gasteiger partial charge >= 0.3 is 0 Å². The van der Waals surface area contributed by atoms with Crippen LogP contribution in [0.1, 0.15) is 30.3 Å². The van der Waals surface area contributed by atoms with Crippen LogP contribution in [0.2, 0.25) is 0 Å². The molecule has 3 aromatic heterocycles. The third-order valence-electron chi connectivity index (χ3n) is 3.04. The highest BCUT2D eigenvalue weighted by Gasteiger charge is 2.12. The van der Waals surface area contributed by atoms with Gasteiger partial charge in [0.05, 0.1) is 30.3 Å². The molecule has 0 aliphatic rings. The number of rotatable bonds is 4. The van der Waals surface area contributed by atoms with Crippen molar-refractivity contribution in [3.63, 3.8) is 0 Å². The number of nitrogens with one attached hydrogen (secondary N) is 1. The van der Waals surface area contributed by atoms with E-state index in [1.54, 1.807) is 12.4 Å². The first-order chi connectivity index (χ1) is 9.63. The number of aryl methyl sites for hydroxylation is 1. The average molecular weight is 336 g/mol. The maximum atomic E-state index is 5.51. The molecular weight excluding hydrogens is 322 g/mol. The van der Waals surface area contributed by atoms with Crippen LogP contribution in [0.15, 0.2) is 33.8 Å². The molecule has 0 aliphatic heterocycles. The highest BCUT2D eigenvalue weighted by atomic mass is 79.9. The third-order valence-corrected chi connectivity index (χ3v) is 3.45. The fourth-order valence-electron chi connectivity index (χ4n) is 1.96. The van der Waals surface area contributed by atoms with Crippen molar-refractivity contribution in [1.82, 2.24) is 24.7 Å². The lowest BCUT2D eigenvalue weighted by Crippen LogP contribution is -2.19. The van der Waals surface area contributed by atoms with Crippen molar-refractivity contribution in [1.29, 1.82) is 0 Å². The van der Waals surface area contributed by atoms with Gasteiger partial charge in [0, 0.05) is 12.7 Å². The van der Waals surface area contributed by atoms with Gasteiger partial charge in [0.25, 0.3) is 0 Å². The Morgan fingerprint density at radius 2 is 2.15 bits per heavy atom. The first-order valence-corrected chi connectivity index (χ1v) is 7.06. The molecule has 3 aromatic rings. The Hall–Kier alpha value is -1.73. The summed E-state index contributed by atoms with van der Waals surface area (Å²) in [5, 5.41) is 3.37. The third kappa shape index (κ3) is 2.59. The molecule has 0 aromatic carbocycles. The molecule has 0 fully saturated rings. The van der Waals surface area contributed by atoms with Gasteiger partial charge in [0.15, 0.2) is 5.65 Å². The van der Waals surface area contributed by atoms with E-state index in [1.165, 1.54) is 0 Å². The zero-order chi connectivity index (χ0) is 14.1. The fourth-order valence-corrected chi connectivity index (χ4v) is 2.27. The first kappa shape index (κ1) is 13.3. The van der Waals surface area contributed by atoms with E-state index in [9.17, 15) is 0 Å². The normalized spacial score (nSPS) is 12.9. The second-order valence-corrected chi connectivity index (χ2v) is 5.41. The van der Waals surface area contributed by atoms with E-state index < -0.39 is 0 Å². The van der Waals surface area contributed by atoms with Gasteiger partial charge in [-0.05, 0) is 29.8 Å². The Bertz CT molecular complexity index is 735. The maximum absolute atomic E-state index is 5.51. The van der Waals surface area contributed by atoms with Crippen LogP contribution in [-0.2, 0) is 6.54 Å². The van der Waals surface area contributed by atoms with Crippen LogP contribution in [0.3, 0.4) is 0 Å². The molecule has 0 bridgehead atoms. The SMILES string of the molecule is Cc1cnc(C(C)NCc2cnc3cnc(Br)cn23)o1. The largest absolute Gasteiger partial charge is 0.444 e. The minimum atomic E-state index is 0.0412. The summed E-state index contributed by atoms with van der Waals surface area (Å²) in [6.45, 7) is 4.57. The van der Waals surface area contributed by atoms with Gasteiger partial charge in [-0.3, -0.25) is 4.40 Å². The Balaban J connectivity index is 1.75. The molecule has 0 aliphatic carbocycles. The fraction of sp³-hybridized carbons (Fsp3) is 0.308. The van der Waals surface area contributed by atoms with Gasteiger partial charge in [-0.25, -0.2) is 15.0 Å². The average Bonchev–Trinajstić information content (AvgIpc) is 3.02. The summed E-state index contributed by atoms with van der Waals surface area (Å²) >= 11 is 3.37. The van der Waals surface area contributed by atoms with E-state index in [0.717, 1.165) is 21.7 Å². The molecular formula is C13H14BrN5O. The highest BCUT2D eigenvalue weighted by molar-refractivity contribution is 9.10. The van der Waals surface area contributed by atoms with Gasteiger partial charge in [-0.2, -0.15) is 0 Å². The topological polar surface area (TPSA) is 68.2 Å². The van der Waals surface area contributed by atoms with Crippen molar-refractivity contribution in [2.24, 2.45) is 0 Å². The number of oxazole rings is 1. The van der Waals surface area contributed by atoms with Crippen LogP contribution in [0.25, 0.3) is 5.65 Å². The van der Waals surface area contributed by atoms with Gasteiger partial charge in [0.2, 0.25) is 5.89 Å². The Kier molecular flexibility index (Phi) is 3.54. The lowest BCUT2D eigenvalue weighted by Gasteiger charge is -2.10. The number of fused-ring (bicyclic) bond motifs is 1. The second kappa shape index (κ2) is 5.34. The van der Waals surface area contributed by atoms with Crippen molar-refractivity contribution >= 4 is 21.6 Å². The number of hydrogen-bond donors (Lipinski definition) is 1. The van der Waals surface area contributed by atoms with Crippen molar-refractivity contribution in [2.75, 3.05) is 0 Å². The standard InChI is InChI=1S/C13H14BrN5O/c1-8-3-18-13(20-8)9(2)15-4-10-5-17-12-6-16-11(14)7-19(10)12/h3,5-7,9,15H,4H2,1-2H3. The van der Waals surface area contributed by atoms with E-state index in [2.05, 4.69) is 36.2 Å². The number of hydrogen-bond acceptors (Lipinski definition) is 5. The van der Waals surface area contributed by atoms with E-state index in [4.69, 9.17) is 4.42 Å². The van der Waals surface area contributed by atoms with E-state index in [0.29, 0.717) is 12.4 Å². The first-order valence-electron chi connectivity index (χ1n) is 6.26. The molecule has 7 heteroatoms. The molecule has 6 nitrogen and oxygen atoms in total. The molecule has 0 amide bonds. The molecule has 1 atom stereocenters. The maximum Gasteiger partial charge on any atom is 0.211 e. The van der Waals surface area contributed by atoms with Crippen LogP contribution < -0.4 is 5.32 Å². The predicted molar refractivity (Wildman–Crippen MR) is 77.2 cm³/mol. The molecule has 1 unspecified atom stereocenters. The number of imidazole rings is 1. The number of halogens is 1. The number of nitrogens with zero attached hydrogens (tertiary/aromatic N) is 4. The highest BCUT2D eigenvalue weighted by Crippen LogP contribution is 2.14. The Labute approximate surface area is 124 Å². The van der Waals surface area contributed by atoms with Gasteiger partial charge in [-0.1, -0.05) is 0 Å². The van der Waals surface area contributed by atoms with E-state index in [-0.39, 0.29) is 6.04 Å². The van der Waals surface area contributed by atoms with E-state index in [1.807, 2.05) is 30.6 Å². The summed E-state index contributed by atoms with van der Waals surface area (Å²) < 4.78 is 8.28. The summed E-state index contributed by atoms with van der Waals surface area (Å²) in [6.07, 6.45) is 7.20. The van der Waals surface area contributed by atoms with Crippen molar-refractivity contribution < 1.29 is 4.42 Å². The summed E-state index contributed by atoms with van der Waals surface area (Å²) in [4.78, 5) is 12.7. The van der Waals surface area contributed by atoms with Crippen LogP contribution >= 0.6 is 15.9 Å². The molecule has 3 heterocycles. The summed E-state index contributed by atoms with van der Waals surface area (Å²) in [6, 6.07) is 0.0412. The minimum Gasteiger partial charge on any atom is -0.444 e. The Morgan fingerprint density at radius 3 is 2.90 bits per heavy atom. The molecule has 104 valence electrons. The van der Waals surface area contributed by atoms with Gasteiger partial charge < -0.3 is 9.73 Å².